The van der Waals surface area contributed by atoms with Gasteiger partial charge in [0, 0.05) is 0 Å². The highest BCUT2D eigenvalue weighted by atomic mass is 13.9. The lowest BCUT2D eigenvalue weighted by atomic mass is 10.1. The minimum atomic E-state index is 1.01. The normalized spacial score (nSPS) is 27.2. The van der Waals surface area contributed by atoms with E-state index < -0.39 is 0 Å². The second-order valence-electron chi connectivity index (χ2n) is 2.72. The maximum atomic E-state index is 3.24. The van der Waals surface area contributed by atoms with Gasteiger partial charge in [-0.25, -0.2) is 0 Å². The minimum absolute atomic E-state index is 1.01. The Morgan fingerprint density at radius 2 is 1.80 bits per heavy atom. The van der Waals surface area contributed by atoms with Gasteiger partial charge in [-0.3, -0.25) is 0 Å². The molecule has 0 aromatic rings. The van der Waals surface area contributed by atoms with Crippen molar-refractivity contribution in [1.82, 2.24) is 0 Å². The summed E-state index contributed by atoms with van der Waals surface area (Å²) in [5.74, 6) is 0. The summed E-state index contributed by atoms with van der Waals surface area (Å²) in [4.78, 5) is 0. The molecule has 0 aromatic carbocycles. The number of hydrogen-bond acceptors (Lipinski definition) is 0. The van der Waals surface area contributed by atoms with Crippen molar-refractivity contribution in [3.05, 3.63) is 24.3 Å². The molecule has 0 saturated heterocycles. The Balaban J connectivity index is 2.25. The van der Waals surface area contributed by atoms with Gasteiger partial charge in [0.25, 0.3) is 0 Å². The van der Waals surface area contributed by atoms with E-state index in [2.05, 4.69) is 24.3 Å². The predicted octanol–water partition coefficient (Wildman–Crippen LogP) is 3.26. The molecule has 0 aliphatic heterocycles. The molecule has 0 heteroatoms. The van der Waals surface area contributed by atoms with Crippen LogP contribution in [0.2, 0.25) is 0 Å². The standard InChI is InChI=1S/C10H15/c1-2-4-6-8-10-9-7-5-3-1/h1-2,8H,3-5,7,9-10H2/b2-1+,8-6?. The van der Waals surface area contributed by atoms with Crippen LogP contribution < -0.4 is 0 Å². The lowest BCUT2D eigenvalue weighted by molar-refractivity contribution is 0.692. The third-order valence-electron chi connectivity index (χ3n) is 1.77. The fraction of sp³-hybridized carbons (Fsp3) is 0.600. The van der Waals surface area contributed by atoms with Gasteiger partial charge in [0.2, 0.25) is 0 Å². The zero-order valence-corrected chi connectivity index (χ0v) is 6.47. The van der Waals surface area contributed by atoms with Crippen LogP contribution in [0.25, 0.3) is 0 Å². The number of rotatable bonds is 0. The second kappa shape index (κ2) is 5.28. The summed E-state index contributed by atoms with van der Waals surface area (Å²) in [5.41, 5.74) is 0. The minimum Gasteiger partial charge on any atom is -0.0882 e. The fourth-order valence-corrected chi connectivity index (χ4v) is 1.14. The van der Waals surface area contributed by atoms with Crippen molar-refractivity contribution in [3.8, 4) is 0 Å². The van der Waals surface area contributed by atoms with Gasteiger partial charge in [-0.2, -0.15) is 0 Å². The van der Waals surface area contributed by atoms with Gasteiger partial charge < -0.3 is 0 Å². The Hall–Kier alpha value is -0.520. The monoisotopic (exact) mass is 135 g/mol. The summed E-state index contributed by atoms with van der Waals surface area (Å²) >= 11 is 0. The van der Waals surface area contributed by atoms with Crippen LogP contribution in [-0.4, -0.2) is 0 Å². The first-order chi connectivity index (χ1) is 5.00. The first kappa shape index (κ1) is 7.59. The smallest absolute Gasteiger partial charge is 0.00979 e. The van der Waals surface area contributed by atoms with Crippen LogP contribution in [0.15, 0.2) is 18.2 Å². The van der Waals surface area contributed by atoms with E-state index in [-0.39, 0.29) is 0 Å². The molecule has 0 bridgehead atoms. The Morgan fingerprint density at radius 3 is 2.80 bits per heavy atom. The van der Waals surface area contributed by atoms with E-state index in [1.807, 2.05) is 0 Å². The van der Waals surface area contributed by atoms with E-state index in [1.54, 1.807) is 0 Å². The molecule has 0 atom stereocenters. The molecule has 0 aromatic heterocycles. The van der Waals surface area contributed by atoms with Gasteiger partial charge in [0.1, 0.15) is 0 Å². The maximum Gasteiger partial charge on any atom is -0.00979 e. The van der Waals surface area contributed by atoms with Crippen LogP contribution in [0.3, 0.4) is 0 Å². The predicted molar refractivity (Wildman–Crippen MR) is 44.7 cm³/mol. The van der Waals surface area contributed by atoms with Crippen molar-refractivity contribution >= 4 is 0 Å². The average Bonchev–Trinajstić information content (AvgIpc) is 2.01. The van der Waals surface area contributed by atoms with Crippen molar-refractivity contribution in [2.75, 3.05) is 0 Å². The van der Waals surface area contributed by atoms with Crippen LogP contribution in [-0.2, 0) is 0 Å². The Morgan fingerprint density at radius 1 is 0.900 bits per heavy atom. The van der Waals surface area contributed by atoms with E-state index in [0.717, 1.165) is 6.42 Å². The molecule has 0 fully saturated rings. The van der Waals surface area contributed by atoms with Crippen molar-refractivity contribution < 1.29 is 0 Å². The number of allylic oxidation sites excluding steroid dienone is 4. The zero-order chi connectivity index (χ0) is 7.07. The van der Waals surface area contributed by atoms with E-state index in [0.29, 0.717) is 0 Å². The molecule has 0 N–H and O–H groups in total. The fourth-order valence-electron chi connectivity index (χ4n) is 1.14. The lowest BCUT2D eigenvalue weighted by Crippen LogP contribution is -1.77. The molecule has 10 heavy (non-hydrogen) atoms. The summed E-state index contributed by atoms with van der Waals surface area (Å²) < 4.78 is 0. The SMILES string of the molecule is [C]1=C\CCCCC/C=C/C/1. The number of hydrogen-bond donors (Lipinski definition) is 0. The maximum absolute atomic E-state index is 3.24. The van der Waals surface area contributed by atoms with Crippen molar-refractivity contribution in [2.45, 2.75) is 38.5 Å². The van der Waals surface area contributed by atoms with Gasteiger partial charge in [-0.1, -0.05) is 24.6 Å². The Labute approximate surface area is 63.6 Å². The molecule has 0 unspecified atom stereocenters. The van der Waals surface area contributed by atoms with Crippen LogP contribution in [0.4, 0.5) is 0 Å². The molecule has 0 amide bonds. The third-order valence-corrected chi connectivity index (χ3v) is 1.77. The summed E-state index contributed by atoms with van der Waals surface area (Å²) in [7, 11) is 0. The summed E-state index contributed by atoms with van der Waals surface area (Å²) in [6.45, 7) is 0. The molecule has 0 spiro atoms. The van der Waals surface area contributed by atoms with Crippen molar-refractivity contribution in [3.63, 3.8) is 0 Å². The van der Waals surface area contributed by atoms with Crippen LogP contribution in [0.5, 0.6) is 0 Å². The van der Waals surface area contributed by atoms with E-state index >= 15 is 0 Å². The summed E-state index contributed by atoms with van der Waals surface area (Å²) in [6, 6.07) is 0. The molecule has 1 rings (SSSR count). The molecule has 0 saturated carbocycles. The highest BCUT2D eigenvalue weighted by Gasteiger charge is 1.87. The topological polar surface area (TPSA) is 0 Å². The van der Waals surface area contributed by atoms with Gasteiger partial charge in [0.05, 0.1) is 0 Å². The van der Waals surface area contributed by atoms with Gasteiger partial charge >= 0.3 is 0 Å². The highest BCUT2D eigenvalue weighted by Crippen LogP contribution is 2.06. The lowest BCUT2D eigenvalue weighted by Gasteiger charge is -1.96. The third kappa shape index (κ3) is 3.49. The van der Waals surface area contributed by atoms with Gasteiger partial charge in [-0.15, -0.1) is 0 Å². The Bertz CT molecular complexity index is 106. The quantitative estimate of drug-likeness (QED) is 0.447. The van der Waals surface area contributed by atoms with Crippen molar-refractivity contribution in [2.24, 2.45) is 0 Å². The molecule has 1 aliphatic rings. The summed E-state index contributed by atoms with van der Waals surface area (Å²) in [5, 5.41) is 0. The molecule has 0 heterocycles. The first-order valence-electron chi connectivity index (χ1n) is 4.20. The molecular formula is C10H15. The Kier molecular flexibility index (Phi) is 4.00. The molecular weight excluding hydrogens is 120 g/mol. The van der Waals surface area contributed by atoms with Crippen LogP contribution >= 0.6 is 0 Å². The highest BCUT2D eigenvalue weighted by molar-refractivity contribution is 4.88. The zero-order valence-electron chi connectivity index (χ0n) is 6.47. The van der Waals surface area contributed by atoms with Crippen molar-refractivity contribution in [1.29, 1.82) is 0 Å². The van der Waals surface area contributed by atoms with Gasteiger partial charge in [0.15, 0.2) is 0 Å². The first-order valence-corrected chi connectivity index (χ1v) is 4.20. The van der Waals surface area contributed by atoms with Crippen LogP contribution in [0, 0.1) is 6.08 Å². The molecule has 1 radical (unpaired) electrons. The van der Waals surface area contributed by atoms with E-state index in [1.165, 1.54) is 32.1 Å². The molecule has 55 valence electrons. The van der Waals surface area contributed by atoms with Crippen LogP contribution in [0.1, 0.15) is 38.5 Å². The molecule has 0 nitrogen and oxygen atoms in total. The largest absolute Gasteiger partial charge is 0.0882 e. The summed E-state index contributed by atoms with van der Waals surface area (Å²) in [6.07, 6.45) is 17.5. The molecule has 1 aliphatic carbocycles. The second-order valence-corrected chi connectivity index (χ2v) is 2.72. The average molecular weight is 135 g/mol. The van der Waals surface area contributed by atoms with E-state index in [9.17, 15) is 0 Å². The van der Waals surface area contributed by atoms with Gasteiger partial charge in [-0.05, 0) is 38.2 Å². The van der Waals surface area contributed by atoms with E-state index in [4.69, 9.17) is 0 Å².